The smallest absolute Gasteiger partial charge is 0.328 e. The quantitative estimate of drug-likeness (QED) is 0.474. The van der Waals surface area contributed by atoms with Gasteiger partial charge in [-0.2, -0.15) is 0 Å². The molecule has 1 unspecified atom stereocenters. The van der Waals surface area contributed by atoms with Gasteiger partial charge in [0.25, 0.3) is 5.56 Å². The maximum Gasteiger partial charge on any atom is 0.328 e. The standard InChI is InChI=1S/C16H24N4O7/c1-9-5-20(15(26)18-13(9)24)7-11(21)19(8-12(22)23)6-10(17)14(25)27-16(2,3)4/h5,10H,6-8,17H2,1-4H3,(H,22,23)(H,18,24,26). The second-order valence-electron chi connectivity index (χ2n) is 7.01. The number of carboxylic acid groups (broad SMARTS) is 1. The van der Waals surface area contributed by atoms with Gasteiger partial charge in [0.05, 0.1) is 0 Å². The Morgan fingerprint density at radius 2 is 1.93 bits per heavy atom. The van der Waals surface area contributed by atoms with Crippen LogP contribution in [0.2, 0.25) is 0 Å². The number of aliphatic carboxylic acids is 1. The van der Waals surface area contributed by atoms with Crippen LogP contribution in [0.3, 0.4) is 0 Å². The Hall–Kier alpha value is -2.95. The highest BCUT2D eigenvalue weighted by atomic mass is 16.6. The maximum absolute atomic E-state index is 12.4. The Morgan fingerprint density at radius 3 is 2.44 bits per heavy atom. The number of hydrogen-bond acceptors (Lipinski definition) is 7. The van der Waals surface area contributed by atoms with E-state index < -0.39 is 60.4 Å². The van der Waals surface area contributed by atoms with Crippen molar-refractivity contribution >= 4 is 17.8 Å². The normalized spacial score (nSPS) is 12.3. The number of nitrogens with zero attached hydrogens (tertiary/aromatic N) is 2. The van der Waals surface area contributed by atoms with Gasteiger partial charge < -0.3 is 20.5 Å². The number of rotatable bonds is 7. The van der Waals surface area contributed by atoms with Crippen LogP contribution in [0.15, 0.2) is 15.8 Å². The van der Waals surface area contributed by atoms with E-state index >= 15 is 0 Å². The molecule has 27 heavy (non-hydrogen) atoms. The van der Waals surface area contributed by atoms with Gasteiger partial charge in [0, 0.05) is 18.3 Å². The summed E-state index contributed by atoms with van der Waals surface area (Å²) < 4.78 is 6.04. The molecule has 0 aliphatic rings. The SMILES string of the molecule is Cc1cn(CC(=O)N(CC(=O)O)CC(N)C(=O)OC(C)(C)C)c(=O)[nH]c1=O. The summed E-state index contributed by atoms with van der Waals surface area (Å²) in [6, 6.07) is -1.26. The lowest BCUT2D eigenvalue weighted by atomic mass is 10.2. The summed E-state index contributed by atoms with van der Waals surface area (Å²) in [7, 11) is 0. The first-order valence-electron chi connectivity index (χ1n) is 8.08. The van der Waals surface area contributed by atoms with Crippen molar-refractivity contribution in [3.05, 3.63) is 32.6 Å². The number of carbonyl (C=O) groups is 3. The highest BCUT2D eigenvalue weighted by molar-refractivity contribution is 5.83. The van der Waals surface area contributed by atoms with E-state index in [2.05, 4.69) is 0 Å². The second kappa shape index (κ2) is 8.62. The minimum Gasteiger partial charge on any atom is -0.480 e. The Kier molecular flexibility index (Phi) is 7.06. The summed E-state index contributed by atoms with van der Waals surface area (Å²) in [6.45, 7) is 4.73. The van der Waals surface area contributed by atoms with Crippen LogP contribution in [0.25, 0.3) is 0 Å². The van der Waals surface area contributed by atoms with Gasteiger partial charge in [0.1, 0.15) is 24.7 Å². The molecule has 0 radical (unpaired) electrons. The summed E-state index contributed by atoms with van der Waals surface area (Å²) in [4.78, 5) is 61.5. The number of hydrogen-bond donors (Lipinski definition) is 3. The first-order chi connectivity index (χ1) is 12.3. The van der Waals surface area contributed by atoms with Crippen LogP contribution in [-0.4, -0.2) is 62.1 Å². The third-order valence-electron chi connectivity index (χ3n) is 3.30. The van der Waals surface area contributed by atoms with Gasteiger partial charge in [0.2, 0.25) is 5.91 Å². The van der Waals surface area contributed by atoms with Gasteiger partial charge in [-0.1, -0.05) is 0 Å². The monoisotopic (exact) mass is 384 g/mol. The topological polar surface area (TPSA) is 165 Å². The second-order valence-corrected chi connectivity index (χ2v) is 7.01. The number of carboxylic acids is 1. The lowest BCUT2D eigenvalue weighted by molar-refractivity contribution is -0.158. The van der Waals surface area contributed by atoms with Crippen molar-refractivity contribution in [3.8, 4) is 0 Å². The Labute approximate surface area is 154 Å². The maximum atomic E-state index is 12.4. The number of ether oxygens (including phenoxy) is 1. The lowest BCUT2D eigenvalue weighted by Crippen LogP contribution is -2.50. The van der Waals surface area contributed by atoms with E-state index in [1.54, 1.807) is 20.8 Å². The third-order valence-corrected chi connectivity index (χ3v) is 3.30. The van der Waals surface area contributed by atoms with Crippen molar-refractivity contribution in [1.82, 2.24) is 14.5 Å². The lowest BCUT2D eigenvalue weighted by Gasteiger charge is -2.26. The third kappa shape index (κ3) is 7.05. The molecule has 0 saturated heterocycles. The average Bonchev–Trinajstić information content (AvgIpc) is 2.49. The number of H-pyrrole nitrogens is 1. The van der Waals surface area contributed by atoms with Gasteiger partial charge in [-0.05, 0) is 27.7 Å². The zero-order chi connectivity index (χ0) is 20.9. The molecular formula is C16H24N4O7. The molecule has 1 aromatic rings. The van der Waals surface area contributed by atoms with Gasteiger partial charge in [-0.3, -0.25) is 28.7 Å². The number of aromatic nitrogens is 2. The van der Waals surface area contributed by atoms with Gasteiger partial charge in [0.15, 0.2) is 0 Å². The number of amides is 1. The Morgan fingerprint density at radius 1 is 1.33 bits per heavy atom. The van der Waals surface area contributed by atoms with Gasteiger partial charge in [-0.15, -0.1) is 0 Å². The van der Waals surface area contributed by atoms with Crippen molar-refractivity contribution in [3.63, 3.8) is 0 Å². The molecule has 0 bridgehead atoms. The zero-order valence-electron chi connectivity index (χ0n) is 15.6. The minimum absolute atomic E-state index is 0.206. The van der Waals surface area contributed by atoms with E-state index in [1.165, 1.54) is 13.1 Å². The molecule has 11 heteroatoms. The van der Waals surface area contributed by atoms with Crippen molar-refractivity contribution in [2.75, 3.05) is 13.1 Å². The average molecular weight is 384 g/mol. The number of aryl methyl sites for hydroxylation is 1. The molecule has 11 nitrogen and oxygen atoms in total. The molecule has 1 heterocycles. The highest BCUT2D eigenvalue weighted by Crippen LogP contribution is 2.08. The number of esters is 1. The molecule has 4 N–H and O–H groups in total. The van der Waals surface area contributed by atoms with E-state index in [0.29, 0.717) is 0 Å². The highest BCUT2D eigenvalue weighted by Gasteiger charge is 2.27. The molecule has 150 valence electrons. The zero-order valence-corrected chi connectivity index (χ0v) is 15.6. The molecule has 1 aromatic heterocycles. The molecule has 0 aliphatic heterocycles. The number of nitrogens with two attached hydrogens (primary N) is 1. The van der Waals surface area contributed by atoms with Crippen molar-refractivity contribution < 1.29 is 24.2 Å². The Balaban J connectivity index is 2.96. The van der Waals surface area contributed by atoms with E-state index in [-0.39, 0.29) is 5.56 Å². The predicted octanol–water partition coefficient (Wildman–Crippen LogP) is -1.57. The van der Waals surface area contributed by atoms with Crippen molar-refractivity contribution in [2.24, 2.45) is 5.73 Å². The molecule has 0 spiro atoms. The first-order valence-corrected chi connectivity index (χ1v) is 8.08. The number of nitrogens with one attached hydrogen (secondary N) is 1. The van der Waals surface area contributed by atoms with Gasteiger partial charge >= 0.3 is 17.6 Å². The van der Waals surface area contributed by atoms with Gasteiger partial charge in [-0.25, -0.2) is 4.79 Å². The van der Waals surface area contributed by atoms with E-state index in [1.807, 2.05) is 4.98 Å². The molecular weight excluding hydrogens is 360 g/mol. The van der Waals surface area contributed by atoms with Crippen LogP contribution in [0.4, 0.5) is 0 Å². The first kappa shape index (κ1) is 22.1. The van der Waals surface area contributed by atoms with Crippen molar-refractivity contribution in [2.45, 2.75) is 45.9 Å². The fraction of sp³-hybridized carbons (Fsp3) is 0.562. The van der Waals surface area contributed by atoms with E-state index in [9.17, 15) is 24.0 Å². The summed E-state index contributed by atoms with van der Waals surface area (Å²) >= 11 is 0. The van der Waals surface area contributed by atoms with Crippen LogP contribution >= 0.6 is 0 Å². The molecule has 0 aliphatic carbocycles. The fourth-order valence-corrected chi connectivity index (χ4v) is 2.09. The molecule has 0 aromatic carbocycles. The van der Waals surface area contributed by atoms with Crippen LogP contribution < -0.4 is 17.0 Å². The molecule has 0 saturated carbocycles. The minimum atomic E-state index is -1.32. The predicted molar refractivity (Wildman–Crippen MR) is 94.1 cm³/mol. The number of aromatic amines is 1. The summed E-state index contributed by atoms with van der Waals surface area (Å²) in [5, 5.41) is 9.01. The van der Waals surface area contributed by atoms with Crippen LogP contribution in [0.1, 0.15) is 26.3 Å². The van der Waals surface area contributed by atoms with E-state index in [4.69, 9.17) is 15.6 Å². The van der Waals surface area contributed by atoms with Crippen LogP contribution in [-0.2, 0) is 25.7 Å². The largest absolute Gasteiger partial charge is 0.480 e. The summed E-state index contributed by atoms with van der Waals surface area (Å²) in [5.74, 6) is -2.86. The van der Waals surface area contributed by atoms with Crippen LogP contribution in [0.5, 0.6) is 0 Å². The van der Waals surface area contributed by atoms with Crippen LogP contribution in [0, 0.1) is 6.92 Å². The molecule has 1 atom stereocenters. The molecule has 0 fully saturated rings. The Bertz CT molecular complexity index is 834. The summed E-state index contributed by atoms with van der Waals surface area (Å²) in [5.41, 5.74) is 3.74. The molecule has 1 amide bonds. The molecule has 1 rings (SSSR count). The fourth-order valence-electron chi connectivity index (χ4n) is 2.09. The summed E-state index contributed by atoms with van der Waals surface area (Å²) in [6.07, 6.45) is 1.19. The van der Waals surface area contributed by atoms with Crippen molar-refractivity contribution in [1.29, 1.82) is 0 Å². The van der Waals surface area contributed by atoms with E-state index in [0.717, 1.165) is 9.47 Å². The number of carbonyl (C=O) groups excluding carboxylic acids is 2.